The van der Waals surface area contributed by atoms with E-state index < -0.39 is 0 Å². The number of hydrogen-bond acceptors (Lipinski definition) is 4. The Kier molecular flexibility index (Phi) is 72.8. The summed E-state index contributed by atoms with van der Waals surface area (Å²) in [5.41, 5.74) is 0. The number of hydrogen-bond donors (Lipinski definition) is 2. The molecule has 0 bridgehead atoms. The number of unbranched alkanes of at least 4 members (excludes halogenated alkanes) is 53. The summed E-state index contributed by atoms with van der Waals surface area (Å²) < 4.78 is 0. The van der Waals surface area contributed by atoms with Crippen molar-refractivity contribution >= 4 is 0 Å². The topological polar surface area (TPSA) is 30.5 Å². The van der Waals surface area contributed by atoms with Crippen LogP contribution in [0.2, 0.25) is 0 Å². The van der Waals surface area contributed by atoms with Gasteiger partial charge >= 0.3 is 0 Å². The fourth-order valence-corrected chi connectivity index (χ4v) is 12.4. The fourth-order valence-electron chi connectivity index (χ4n) is 12.4. The zero-order valence-corrected chi connectivity index (χ0v) is 55.4. The van der Waals surface area contributed by atoms with Crippen LogP contribution < -0.4 is 10.6 Å². The smallest absolute Gasteiger partial charge is 0.000664 e. The Hall–Kier alpha value is -0.160. The van der Waals surface area contributed by atoms with E-state index in [2.05, 4.69) is 48.1 Å². The van der Waals surface area contributed by atoms with Gasteiger partial charge in [-0.25, -0.2) is 0 Å². The molecule has 0 radical (unpaired) electrons. The third-order valence-electron chi connectivity index (χ3n) is 17.9. The van der Waals surface area contributed by atoms with E-state index in [0.717, 1.165) is 0 Å². The van der Waals surface area contributed by atoms with Gasteiger partial charge in [-0.15, -0.1) is 0 Å². The molecule has 0 aromatic carbocycles. The molecule has 0 aliphatic carbocycles. The van der Waals surface area contributed by atoms with Crippen LogP contribution in [0.15, 0.2) is 0 Å². The van der Waals surface area contributed by atoms with Gasteiger partial charge in [0, 0.05) is 0 Å². The Morgan fingerprint density at radius 1 is 0.141 bits per heavy atom. The van der Waals surface area contributed by atoms with Crippen molar-refractivity contribution in [2.75, 3.05) is 65.4 Å². The highest BCUT2D eigenvalue weighted by atomic mass is 15.1. The van der Waals surface area contributed by atoms with Crippen molar-refractivity contribution in [1.29, 1.82) is 0 Å². The highest BCUT2D eigenvalue weighted by Crippen LogP contribution is 2.18. The van der Waals surface area contributed by atoms with Crippen LogP contribution >= 0.6 is 0 Å². The monoisotopic (exact) mass is 1100 g/mol. The van der Waals surface area contributed by atoms with Crippen molar-refractivity contribution < 1.29 is 0 Å². The summed E-state index contributed by atoms with van der Waals surface area (Å²) in [7, 11) is 0. The quantitative estimate of drug-likeness (QED) is 0.0594. The molecule has 78 heavy (non-hydrogen) atoms. The van der Waals surface area contributed by atoms with Gasteiger partial charge in [-0.05, 0) is 117 Å². The highest BCUT2D eigenvalue weighted by Gasteiger charge is 2.09. The summed E-state index contributed by atoms with van der Waals surface area (Å²) in [6.07, 6.45) is 86.5. The summed E-state index contributed by atoms with van der Waals surface area (Å²) in [6, 6.07) is 0. The Labute approximate surface area is 496 Å². The van der Waals surface area contributed by atoms with Gasteiger partial charge < -0.3 is 20.4 Å². The lowest BCUT2D eigenvalue weighted by molar-refractivity contribution is 0.231. The Morgan fingerprint density at radius 3 is 0.462 bits per heavy atom. The summed E-state index contributed by atoms with van der Waals surface area (Å²) in [5.74, 6) is 0. The average molecular weight is 1100 g/mol. The number of nitrogens with zero attached hydrogens (tertiary/aromatic N) is 2. The minimum atomic E-state index is 1.20. The molecule has 2 N–H and O–H groups in total. The molecule has 470 valence electrons. The minimum absolute atomic E-state index is 1.20. The first-order valence-corrected chi connectivity index (χ1v) is 37.6. The van der Waals surface area contributed by atoms with Gasteiger partial charge in [-0.2, -0.15) is 0 Å². The van der Waals surface area contributed by atoms with Crippen molar-refractivity contribution in [2.45, 2.75) is 413 Å². The predicted octanol–water partition coefficient (Wildman–Crippen LogP) is 24.3. The Bertz CT molecular complexity index is 925. The van der Waals surface area contributed by atoms with Gasteiger partial charge in [0.15, 0.2) is 0 Å². The SMILES string of the molecule is CCCCCCCCCCCCCCCCNCCCN(CCCCCCCCCCCCCCCC)CCCCN(CCCCCCCCCCCCCCCC)CCCNCCCCCCCCCCCCCCCC. The molecule has 0 spiro atoms. The van der Waals surface area contributed by atoms with Crippen LogP contribution in [0, 0.1) is 0 Å². The van der Waals surface area contributed by atoms with Crippen molar-refractivity contribution in [1.82, 2.24) is 20.4 Å². The second-order valence-electron chi connectivity index (χ2n) is 26.0. The Balaban J connectivity index is 4.72. The zero-order chi connectivity index (χ0) is 56.1. The molecule has 0 amide bonds. The van der Waals surface area contributed by atoms with Gasteiger partial charge in [0.1, 0.15) is 0 Å². The number of nitrogens with one attached hydrogen (secondary N) is 2. The molecule has 0 aliphatic rings. The first-order chi connectivity index (χ1) is 38.8. The van der Waals surface area contributed by atoms with Crippen molar-refractivity contribution in [3.05, 3.63) is 0 Å². The molecule has 0 aromatic rings. The van der Waals surface area contributed by atoms with Gasteiger partial charge in [0.2, 0.25) is 0 Å². The van der Waals surface area contributed by atoms with Crippen LogP contribution in [-0.2, 0) is 0 Å². The standard InChI is InChI=1S/C74H154N4/c1-5-9-13-17-21-25-29-33-37-41-45-49-53-57-65-75-67-63-73-77(69-59-55-51-47-43-39-35-31-27-23-19-15-11-7-3)71-61-62-72-78(70-60-56-52-48-44-40-36-32-28-24-20-16-12-8-4)74-64-68-76-66-58-54-50-46-42-38-34-30-26-22-18-14-10-6-2/h75-76H,5-74H2,1-4H3. The normalized spacial score (nSPS) is 11.9. The molecule has 0 heterocycles. The highest BCUT2D eigenvalue weighted by molar-refractivity contribution is 4.66. The summed E-state index contributed by atoms with van der Waals surface area (Å²) in [6.45, 7) is 22.0. The maximum absolute atomic E-state index is 3.86. The average Bonchev–Trinajstić information content (AvgIpc) is 3.45. The van der Waals surface area contributed by atoms with E-state index in [1.54, 1.807) is 0 Å². The van der Waals surface area contributed by atoms with E-state index in [-0.39, 0.29) is 0 Å². The molecular weight excluding hydrogens is 945 g/mol. The minimum Gasteiger partial charge on any atom is -0.317 e. The van der Waals surface area contributed by atoms with E-state index in [9.17, 15) is 0 Å². The summed E-state index contributed by atoms with van der Waals surface area (Å²) in [5, 5.41) is 7.72. The van der Waals surface area contributed by atoms with Crippen LogP contribution in [-0.4, -0.2) is 75.2 Å². The maximum atomic E-state index is 3.86. The fraction of sp³-hybridized carbons (Fsp3) is 1.00. The first kappa shape index (κ1) is 77.8. The second-order valence-corrected chi connectivity index (χ2v) is 26.0. The van der Waals surface area contributed by atoms with E-state index in [4.69, 9.17) is 0 Å². The Morgan fingerprint density at radius 2 is 0.269 bits per heavy atom. The van der Waals surface area contributed by atoms with Gasteiger partial charge in [0.25, 0.3) is 0 Å². The van der Waals surface area contributed by atoms with Crippen molar-refractivity contribution in [2.24, 2.45) is 0 Å². The molecule has 4 nitrogen and oxygen atoms in total. The van der Waals surface area contributed by atoms with Crippen LogP contribution in [0.1, 0.15) is 413 Å². The maximum Gasteiger partial charge on any atom is -0.000664 e. The lowest BCUT2D eigenvalue weighted by Gasteiger charge is -2.25. The molecule has 0 rings (SSSR count). The van der Waals surface area contributed by atoms with Gasteiger partial charge in [0.05, 0.1) is 0 Å². The lowest BCUT2D eigenvalue weighted by Crippen LogP contribution is -2.32. The zero-order valence-electron chi connectivity index (χ0n) is 55.4. The lowest BCUT2D eigenvalue weighted by atomic mass is 10.0. The van der Waals surface area contributed by atoms with Crippen molar-refractivity contribution in [3.63, 3.8) is 0 Å². The van der Waals surface area contributed by atoms with Crippen LogP contribution in [0.5, 0.6) is 0 Å². The third-order valence-corrected chi connectivity index (χ3v) is 17.9. The second kappa shape index (κ2) is 72.9. The molecule has 0 saturated carbocycles. The van der Waals surface area contributed by atoms with E-state index >= 15 is 0 Å². The summed E-state index contributed by atoms with van der Waals surface area (Å²) >= 11 is 0. The molecule has 0 atom stereocenters. The first-order valence-electron chi connectivity index (χ1n) is 37.6. The van der Waals surface area contributed by atoms with Gasteiger partial charge in [-0.3, -0.25) is 0 Å². The van der Waals surface area contributed by atoms with E-state index in [1.165, 1.54) is 451 Å². The van der Waals surface area contributed by atoms with E-state index in [0.29, 0.717) is 0 Å². The molecule has 0 fully saturated rings. The predicted molar refractivity (Wildman–Crippen MR) is 358 cm³/mol. The van der Waals surface area contributed by atoms with Crippen LogP contribution in [0.25, 0.3) is 0 Å². The molecule has 0 aliphatic heterocycles. The number of rotatable bonds is 73. The van der Waals surface area contributed by atoms with Gasteiger partial charge in [-0.1, -0.05) is 362 Å². The third kappa shape index (κ3) is 68.3. The van der Waals surface area contributed by atoms with E-state index in [1.807, 2.05) is 0 Å². The summed E-state index contributed by atoms with van der Waals surface area (Å²) in [4.78, 5) is 5.77. The molecule has 0 unspecified atom stereocenters. The molecule has 0 saturated heterocycles. The molecular formula is C74H154N4. The largest absolute Gasteiger partial charge is 0.317 e. The molecule has 4 heteroatoms. The molecule has 0 aromatic heterocycles. The van der Waals surface area contributed by atoms with Crippen LogP contribution in [0.3, 0.4) is 0 Å². The van der Waals surface area contributed by atoms with Crippen LogP contribution in [0.4, 0.5) is 0 Å². The van der Waals surface area contributed by atoms with Crippen molar-refractivity contribution in [3.8, 4) is 0 Å².